The van der Waals surface area contributed by atoms with Crippen LogP contribution < -0.4 is 4.74 Å². The molecule has 0 saturated heterocycles. The highest BCUT2D eigenvalue weighted by molar-refractivity contribution is 5.93. The van der Waals surface area contributed by atoms with E-state index in [2.05, 4.69) is 26.3 Å². The van der Waals surface area contributed by atoms with Gasteiger partial charge in [-0.1, -0.05) is 148 Å². The lowest BCUT2D eigenvalue weighted by Gasteiger charge is -2.26. The van der Waals surface area contributed by atoms with E-state index in [9.17, 15) is 1.37 Å². The second-order valence-electron chi connectivity index (χ2n) is 8.21. The van der Waals surface area contributed by atoms with Gasteiger partial charge in [-0.2, -0.15) is 0 Å². The molecular weight excluding hydrogens is 472 g/mol. The highest BCUT2D eigenvalue weighted by Gasteiger charge is 2.38. The second kappa shape index (κ2) is 12.6. The Labute approximate surface area is 255 Å². The van der Waals surface area contributed by atoms with Crippen molar-refractivity contribution in [2.45, 2.75) is 12.0 Å². The highest BCUT2D eigenvalue weighted by Crippen LogP contribution is 2.49. The second-order valence-corrected chi connectivity index (χ2v) is 8.21. The minimum Gasteiger partial charge on any atom is -0.485 e. The van der Waals surface area contributed by atoms with Crippen LogP contribution in [0.3, 0.4) is 0 Å². The Kier molecular flexibility index (Phi) is 4.28. The number of allylic oxidation sites excluding steroid dienone is 16. The number of hydrogen-bond donors (Lipinski definition) is 0. The van der Waals surface area contributed by atoms with Gasteiger partial charge in [0.1, 0.15) is 11.9 Å². The van der Waals surface area contributed by atoms with Crippen molar-refractivity contribution in [3.63, 3.8) is 0 Å². The normalized spacial score (nSPS) is 25.8. The Hall–Kier alpha value is -4.88. The molecular formula is C38H34O. The summed E-state index contributed by atoms with van der Waals surface area (Å²) in [5.74, 6) is -1.77. The van der Waals surface area contributed by atoms with Gasteiger partial charge in [0.05, 0.1) is 27.9 Å². The SMILES string of the molecule is [2H]C=C([2H])/C=C(\C(=C)/C=C\C(=C)C(=C)/C=C\C([2H])=C)c1c([2H])c([2H])c([2H])c([2H])c1/C(=C/C([2H])=C[2H])C1=C([2H])C([2H])=C([2H])C2Oc3c([2H])c([2H])c([2H])c([2H])c3C12. The molecule has 2 aliphatic rings. The monoisotopic (exact) mass is 522 g/mol. The Morgan fingerprint density at radius 1 is 0.846 bits per heavy atom. The van der Waals surface area contributed by atoms with Crippen LogP contribution in [-0.2, 0) is 0 Å². The Bertz CT molecular complexity index is 2330. The van der Waals surface area contributed by atoms with E-state index >= 15 is 0 Å². The van der Waals surface area contributed by atoms with Gasteiger partial charge in [-0.05, 0) is 56.7 Å². The predicted octanol–water partition coefficient (Wildman–Crippen LogP) is 9.83. The molecule has 4 rings (SSSR count). The number of para-hydroxylation sites is 1. The molecule has 1 aliphatic heterocycles. The Balaban J connectivity index is 2.17. The summed E-state index contributed by atoms with van der Waals surface area (Å²) >= 11 is 0. The summed E-state index contributed by atoms with van der Waals surface area (Å²) in [5.41, 5.74) is -0.894. The van der Waals surface area contributed by atoms with Crippen LogP contribution in [0.2, 0.25) is 0 Å². The van der Waals surface area contributed by atoms with Crippen LogP contribution in [0.25, 0.3) is 11.1 Å². The van der Waals surface area contributed by atoms with E-state index in [1.54, 1.807) is 0 Å². The van der Waals surface area contributed by atoms with Gasteiger partial charge in [-0.25, -0.2) is 0 Å². The maximum atomic E-state index is 9.20. The zero-order chi connectivity index (χ0) is 41.4. The summed E-state index contributed by atoms with van der Waals surface area (Å²) in [6, 6.07) is -8.20. The van der Waals surface area contributed by atoms with Crippen LogP contribution in [0.4, 0.5) is 0 Å². The predicted molar refractivity (Wildman–Crippen MR) is 170 cm³/mol. The molecule has 0 saturated carbocycles. The van der Waals surface area contributed by atoms with Crippen molar-refractivity contribution in [1.29, 1.82) is 0 Å². The summed E-state index contributed by atoms with van der Waals surface area (Å²) in [4.78, 5) is 0. The van der Waals surface area contributed by atoms with Gasteiger partial charge in [-0.15, -0.1) is 0 Å². The molecule has 0 fully saturated rings. The molecule has 0 N–H and O–H groups in total. The number of ether oxygens (including phenoxy) is 1. The van der Waals surface area contributed by atoms with Crippen molar-refractivity contribution in [3.8, 4) is 5.75 Å². The van der Waals surface area contributed by atoms with Crippen molar-refractivity contribution in [2.24, 2.45) is 0 Å². The fraction of sp³-hybridized carbons (Fsp3) is 0.0526. The van der Waals surface area contributed by atoms with Gasteiger partial charge in [0.15, 0.2) is 0 Å². The summed E-state index contributed by atoms with van der Waals surface area (Å²) in [7, 11) is 0. The molecule has 1 heterocycles. The van der Waals surface area contributed by atoms with Crippen LogP contribution in [0.5, 0.6) is 5.75 Å². The smallest absolute Gasteiger partial charge is 0.128 e. The van der Waals surface area contributed by atoms with Crippen LogP contribution in [0.15, 0.2) is 183 Å². The molecule has 2 aromatic rings. The van der Waals surface area contributed by atoms with E-state index in [-0.39, 0.29) is 45.2 Å². The maximum Gasteiger partial charge on any atom is 0.128 e. The van der Waals surface area contributed by atoms with Crippen LogP contribution in [0.1, 0.15) is 44.5 Å². The van der Waals surface area contributed by atoms with Gasteiger partial charge in [0.2, 0.25) is 0 Å². The summed E-state index contributed by atoms with van der Waals surface area (Å²) in [6.45, 7) is 16.7. The Morgan fingerprint density at radius 2 is 1.54 bits per heavy atom. The first-order valence-corrected chi connectivity index (χ1v) is 11.6. The zero-order valence-electron chi connectivity index (χ0n) is 37.0. The largest absolute Gasteiger partial charge is 0.485 e. The highest BCUT2D eigenvalue weighted by atomic mass is 16.5. The lowest BCUT2D eigenvalue weighted by Crippen LogP contribution is -2.21. The average Bonchev–Trinajstić information content (AvgIpc) is 3.56. The third kappa shape index (κ3) is 5.84. The van der Waals surface area contributed by atoms with Gasteiger partial charge in [-0.3, -0.25) is 0 Å². The van der Waals surface area contributed by atoms with Gasteiger partial charge in [0.25, 0.3) is 0 Å². The molecule has 0 radical (unpaired) electrons. The van der Waals surface area contributed by atoms with Crippen molar-refractivity contribution >= 4 is 11.1 Å². The molecule has 39 heavy (non-hydrogen) atoms. The van der Waals surface area contributed by atoms with E-state index in [4.69, 9.17) is 25.3 Å². The summed E-state index contributed by atoms with van der Waals surface area (Å²) < 4.78 is 142. The first-order valence-electron chi connectivity index (χ1n) is 19.8. The van der Waals surface area contributed by atoms with Crippen LogP contribution >= 0.6 is 0 Å². The van der Waals surface area contributed by atoms with Crippen molar-refractivity contribution in [1.82, 2.24) is 0 Å². The molecule has 2 aromatic carbocycles. The molecule has 0 spiro atoms. The number of fused-ring (bicyclic) bond motifs is 3. The molecule has 1 nitrogen and oxygen atoms in total. The summed E-state index contributed by atoms with van der Waals surface area (Å²) in [5, 5.41) is 0. The Morgan fingerprint density at radius 3 is 2.33 bits per heavy atom. The third-order valence-corrected chi connectivity index (χ3v) is 5.88. The quantitative estimate of drug-likeness (QED) is 0.267. The van der Waals surface area contributed by atoms with E-state index in [0.717, 1.165) is 12.2 Å². The lowest BCUT2D eigenvalue weighted by atomic mass is 9.77. The minimum atomic E-state index is -1.49. The topological polar surface area (TPSA) is 9.23 Å². The van der Waals surface area contributed by atoms with Gasteiger partial charge in [0, 0.05) is 5.56 Å². The van der Waals surface area contributed by atoms with Crippen molar-refractivity contribution < 1.29 is 26.7 Å². The first kappa shape index (κ1) is 13.3. The minimum absolute atomic E-state index is 0.0126. The molecule has 2 atom stereocenters. The zero-order valence-corrected chi connectivity index (χ0v) is 21.0. The van der Waals surface area contributed by atoms with Gasteiger partial charge < -0.3 is 4.74 Å². The molecule has 1 heteroatoms. The van der Waals surface area contributed by atoms with E-state index < -0.39 is 96.2 Å². The van der Waals surface area contributed by atoms with E-state index in [1.165, 1.54) is 24.3 Å². The molecule has 192 valence electrons. The van der Waals surface area contributed by atoms with Gasteiger partial charge >= 0.3 is 0 Å². The molecule has 0 amide bonds. The first-order chi connectivity index (χ1) is 25.7. The fourth-order valence-electron chi connectivity index (χ4n) is 4.02. The molecule has 0 aromatic heterocycles. The lowest BCUT2D eigenvalue weighted by molar-refractivity contribution is 0.266. The third-order valence-electron chi connectivity index (χ3n) is 5.88. The molecule has 0 bridgehead atoms. The van der Waals surface area contributed by atoms with Crippen LogP contribution in [0, 0.1) is 0 Å². The standard InChI is InChI=1S/C38H34O/c1-7-10-18-27(4)28(5)25-26-29(6)30(16-8-2)32-19-11-12-20-33(32)31(17-9-3)34-22-15-24-37-38(34)35-21-13-14-23-36(35)39-37/h7-26,37-38H,1-6H2/b18-10-,26-25-,30-16+,31-17-/i2D,3D,7D,8D,9D,11D,12D,13D,14D,15D,19D,20D,21D,22D,23D,24D/b8-2?,9-3?,18-10-,26-25-,30-16+,31-17-. The summed E-state index contributed by atoms with van der Waals surface area (Å²) in [6.07, 6.45) is 6.41. The van der Waals surface area contributed by atoms with Crippen molar-refractivity contribution in [2.75, 3.05) is 0 Å². The number of rotatable bonds is 11. The van der Waals surface area contributed by atoms with E-state index in [1.807, 2.05) is 0 Å². The fourth-order valence-corrected chi connectivity index (χ4v) is 4.02. The van der Waals surface area contributed by atoms with Crippen molar-refractivity contribution in [3.05, 3.63) is 200 Å². The van der Waals surface area contributed by atoms with Crippen LogP contribution in [-0.4, -0.2) is 6.10 Å². The molecule has 2 unspecified atom stereocenters. The maximum absolute atomic E-state index is 9.20. The number of hydrogen-bond acceptors (Lipinski definition) is 1. The number of benzene rings is 2. The molecule has 1 aliphatic carbocycles. The average molecular weight is 523 g/mol. The van der Waals surface area contributed by atoms with E-state index in [0.29, 0.717) is 24.3 Å².